The van der Waals surface area contributed by atoms with Gasteiger partial charge in [0.1, 0.15) is 22.3 Å². The number of nitrogens with zero attached hydrogens (tertiary/aromatic N) is 1. The minimum Gasteiger partial charge on any atom is -0.456 e. The number of fused-ring (bicyclic) bond motifs is 11. The first-order valence-corrected chi connectivity index (χ1v) is 23.3. The summed E-state index contributed by atoms with van der Waals surface area (Å²) in [7, 11) is 0. The molecule has 3 heteroatoms. The third-order valence-corrected chi connectivity index (χ3v) is 14.4. The van der Waals surface area contributed by atoms with Crippen LogP contribution in [-0.2, 0) is 5.41 Å². The average Bonchev–Trinajstić information content (AvgIpc) is 4.09. The van der Waals surface area contributed by atoms with Crippen molar-refractivity contribution in [2.45, 2.75) is 5.41 Å². The normalized spacial score (nSPS) is 12.8. The van der Waals surface area contributed by atoms with Gasteiger partial charge in [0.15, 0.2) is 0 Å². The molecule has 2 aromatic heterocycles. The van der Waals surface area contributed by atoms with Gasteiger partial charge in [0.2, 0.25) is 0 Å². The maximum absolute atomic E-state index is 6.61. The van der Waals surface area contributed by atoms with Crippen molar-refractivity contribution in [2.24, 2.45) is 0 Å². The fourth-order valence-corrected chi connectivity index (χ4v) is 11.4. The van der Waals surface area contributed by atoms with Crippen LogP contribution in [0.5, 0.6) is 0 Å². The smallest absolute Gasteiger partial charge is 0.143 e. The molecule has 3 nitrogen and oxygen atoms in total. The van der Waals surface area contributed by atoms with Crippen LogP contribution in [0.15, 0.2) is 258 Å². The molecule has 0 atom stereocenters. The Morgan fingerprint density at radius 2 is 0.824 bits per heavy atom. The zero-order valence-electron chi connectivity index (χ0n) is 36.9. The zero-order chi connectivity index (χ0) is 44.8. The second-order valence-corrected chi connectivity index (χ2v) is 17.9. The lowest BCUT2D eigenvalue weighted by molar-refractivity contribution is 0.669. The molecule has 13 aromatic rings. The molecule has 14 rings (SSSR count). The van der Waals surface area contributed by atoms with E-state index in [0.29, 0.717) is 0 Å². The summed E-state index contributed by atoms with van der Waals surface area (Å²) in [6, 6.07) is 90.1. The van der Waals surface area contributed by atoms with E-state index >= 15 is 0 Å². The van der Waals surface area contributed by atoms with Crippen LogP contribution >= 0.6 is 0 Å². The van der Waals surface area contributed by atoms with Crippen LogP contribution in [0.1, 0.15) is 22.3 Å². The quantitative estimate of drug-likeness (QED) is 0.160. The summed E-state index contributed by atoms with van der Waals surface area (Å²) in [4.78, 5) is 2.41. The molecule has 0 radical (unpaired) electrons. The minimum absolute atomic E-state index is 0.534. The molecule has 68 heavy (non-hydrogen) atoms. The number of hydrogen-bond acceptors (Lipinski definition) is 3. The van der Waals surface area contributed by atoms with Crippen LogP contribution in [0.4, 0.5) is 17.1 Å². The van der Waals surface area contributed by atoms with Crippen molar-refractivity contribution in [1.82, 2.24) is 0 Å². The molecule has 318 valence electrons. The molecule has 0 spiro atoms. The largest absolute Gasteiger partial charge is 0.456 e. The number of rotatable bonds is 7. The maximum Gasteiger partial charge on any atom is 0.143 e. The summed E-state index contributed by atoms with van der Waals surface area (Å²) in [5.74, 6) is 0. The Morgan fingerprint density at radius 1 is 0.309 bits per heavy atom. The summed E-state index contributed by atoms with van der Waals surface area (Å²) in [6.45, 7) is 0. The Hall–Kier alpha value is -8.92. The molecule has 0 amide bonds. The van der Waals surface area contributed by atoms with Gasteiger partial charge in [-0.05, 0) is 122 Å². The molecule has 0 aliphatic heterocycles. The predicted molar refractivity (Wildman–Crippen MR) is 281 cm³/mol. The van der Waals surface area contributed by atoms with E-state index in [-0.39, 0.29) is 0 Å². The Balaban J connectivity index is 0.955. The maximum atomic E-state index is 6.61. The van der Waals surface area contributed by atoms with Crippen LogP contribution in [0.25, 0.3) is 88.0 Å². The van der Waals surface area contributed by atoms with E-state index in [0.717, 1.165) is 88.6 Å². The summed E-state index contributed by atoms with van der Waals surface area (Å²) in [5.41, 5.74) is 18.3. The van der Waals surface area contributed by atoms with Gasteiger partial charge in [-0.1, -0.05) is 188 Å². The lowest BCUT2D eigenvalue weighted by atomic mass is 9.67. The molecule has 0 saturated carbocycles. The zero-order valence-corrected chi connectivity index (χ0v) is 36.9. The fraction of sp³-hybridized carbons (Fsp3) is 0.0154. The summed E-state index contributed by atoms with van der Waals surface area (Å²) in [5, 5.41) is 6.80. The van der Waals surface area contributed by atoms with Gasteiger partial charge in [0.05, 0.1) is 5.41 Å². The summed E-state index contributed by atoms with van der Waals surface area (Å²) >= 11 is 0. The number of benzene rings is 11. The molecule has 0 N–H and O–H groups in total. The minimum atomic E-state index is -0.534. The molecule has 2 heterocycles. The van der Waals surface area contributed by atoms with Crippen LogP contribution in [0.3, 0.4) is 0 Å². The summed E-state index contributed by atoms with van der Waals surface area (Å²) in [6.07, 6.45) is 0. The monoisotopic (exact) mass is 867 g/mol. The van der Waals surface area contributed by atoms with Crippen molar-refractivity contribution in [3.8, 4) is 33.4 Å². The van der Waals surface area contributed by atoms with E-state index in [1.807, 2.05) is 12.1 Å². The van der Waals surface area contributed by atoms with Crippen LogP contribution in [-0.4, -0.2) is 0 Å². The molecular weight excluding hydrogens is 827 g/mol. The number of para-hydroxylation sites is 1. The van der Waals surface area contributed by atoms with Gasteiger partial charge in [-0.25, -0.2) is 0 Å². The molecule has 0 unspecified atom stereocenters. The Bertz CT molecular complexity index is 4030. The Morgan fingerprint density at radius 3 is 1.51 bits per heavy atom. The van der Waals surface area contributed by atoms with E-state index in [9.17, 15) is 0 Å². The Labute approximate surface area is 393 Å². The van der Waals surface area contributed by atoms with E-state index in [4.69, 9.17) is 8.83 Å². The van der Waals surface area contributed by atoms with Crippen molar-refractivity contribution in [2.75, 3.05) is 4.90 Å². The first kappa shape index (κ1) is 38.4. The highest BCUT2D eigenvalue weighted by atomic mass is 16.3. The number of furan rings is 2. The molecule has 1 aliphatic rings. The summed E-state index contributed by atoms with van der Waals surface area (Å²) < 4.78 is 12.9. The van der Waals surface area contributed by atoms with Gasteiger partial charge in [-0.2, -0.15) is 0 Å². The lowest BCUT2D eigenvalue weighted by Crippen LogP contribution is -2.28. The molecule has 0 bridgehead atoms. The molecular formula is C65H41NO2. The van der Waals surface area contributed by atoms with E-state index in [2.05, 4.69) is 241 Å². The number of hydrogen-bond donors (Lipinski definition) is 0. The molecule has 0 fully saturated rings. The first-order valence-electron chi connectivity index (χ1n) is 23.3. The van der Waals surface area contributed by atoms with Gasteiger partial charge < -0.3 is 13.7 Å². The lowest BCUT2D eigenvalue weighted by Gasteiger charge is -2.35. The topological polar surface area (TPSA) is 29.5 Å². The fourth-order valence-electron chi connectivity index (χ4n) is 11.4. The highest BCUT2D eigenvalue weighted by Crippen LogP contribution is 2.57. The SMILES string of the molecule is c1ccc(C2(c3ccccc3)c3ccccc3-c3ccc(N(c4ccc(-c5cccc6oc7ccccc7c56)cc4)c4ccc(-c5cccc6oc7c8ccccc8ccc7c56)cc4)cc32)cc1. The van der Waals surface area contributed by atoms with Gasteiger partial charge in [-0.3, -0.25) is 0 Å². The second-order valence-electron chi connectivity index (χ2n) is 17.9. The van der Waals surface area contributed by atoms with E-state index < -0.39 is 5.41 Å². The van der Waals surface area contributed by atoms with E-state index in [1.165, 1.54) is 38.8 Å². The van der Waals surface area contributed by atoms with Crippen LogP contribution in [0.2, 0.25) is 0 Å². The van der Waals surface area contributed by atoms with Gasteiger partial charge in [0.25, 0.3) is 0 Å². The van der Waals surface area contributed by atoms with Crippen molar-refractivity contribution >= 4 is 71.7 Å². The van der Waals surface area contributed by atoms with E-state index in [1.54, 1.807) is 0 Å². The molecule has 0 saturated heterocycles. The van der Waals surface area contributed by atoms with Crippen molar-refractivity contribution in [1.29, 1.82) is 0 Å². The second kappa shape index (κ2) is 15.1. The number of anilines is 3. The van der Waals surface area contributed by atoms with Crippen molar-refractivity contribution < 1.29 is 8.83 Å². The van der Waals surface area contributed by atoms with Gasteiger partial charge in [0, 0.05) is 44.0 Å². The van der Waals surface area contributed by atoms with Crippen molar-refractivity contribution in [3.63, 3.8) is 0 Å². The Kier molecular flexibility index (Phi) is 8.50. The third kappa shape index (κ3) is 5.66. The van der Waals surface area contributed by atoms with Crippen LogP contribution in [0, 0.1) is 0 Å². The average molecular weight is 868 g/mol. The van der Waals surface area contributed by atoms with Crippen LogP contribution < -0.4 is 4.90 Å². The van der Waals surface area contributed by atoms with Gasteiger partial charge in [-0.15, -0.1) is 0 Å². The third-order valence-electron chi connectivity index (χ3n) is 14.4. The predicted octanol–water partition coefficient (Wildman–Crippen LogP) is 17.8. The molecule has 11 aromatic carbocycles. The van der Waals surface area contributed by atoms with Gasteiger partial charge >= 0.3 is 0 Å². The molecule has 1 aliphatic carbocycles. The highest BCUT2D eigenvalue weighted by Gasteiger charge is 2.46. The highest BCUT2D eigenvalue weighted by molar-refractivity contribution is 6.19. The standard InChI is InChI=1S/C65H41NO2/c1-3-16-45(17-4-1)65(46-18-5-2-6-19-46)57-25-11-9-21-53(57)54-40-38-49(41-58(54)65)66(47-34-29-43(30-35-47)50-23-13-27-60-62(50)55-22-10-12-26-59(55)67-60)48-36-31-44(32-37-48)51-24-14-28-61-63(51)56-39-33-42-15-7-8-20-52(42)64(56)68-61/h1-41H. The van der Waals surface area contributed by atoms with Crippen molar-refractivity contribution in [3.05, 3.63) is 271 Å². The first-order chi connectivity index (χ1) is 33.7.